The number of unbranched alkanes of at least 4 members (excludes halogenated alkanes) is 9. The van der Waals surface area contributed by atoms with Gasteiger partial charge in [0.15, 0.2) is 6.10 Å². The fourth-order valence-electron chi connectivity index (χ4n) is 5.12. The van der Waals surface area contributed by atoms with E-state index in [1.54, 1.807) is 0 Å². The molecule has 320 valence electrons. The van der Waals surface area contributed by atoms with Gasteiger partial charge in [0.05, 0.1) is 0 Å². The molecule has 6 heteroatoms. The lowest BCUT2D eigenvalue weighted by atomic mass is 10.1. The Morgan fingerprint density at radius 1 is 0.362 bits per heavy atom. The minimum Gasteiger partial charge on any atom is -0.462 e. The zero-order valence-corrected chi connectivity index (χ0v) is 36.2. The summed E-state index contributed by atoms with van der Waals surface area (Å²) < 4.78 is 16.6. The van der Waals surface area contributed by atoms with Crippen molar-refractivity contribution < 1.29 is 28.6 Å². The van der Waals surface area contributed by atoms with Gasteiger partial charge in [-0.25, -0.2) is 0 Å². The summed E-state index contributed by atoms with van der Waals surface area (Å²) in [5.74, 6) is -1.09. The number of carbonyl (C=O) groups is 3. The molecule has 0 aliphatic rings. The van der Waals surface area contributed by atoms with Crippen LogP contribution in [0.2, 0.25) is 0 Å². The van der Waals surface area contributed by atoms with Gasteiger partial charge in [-0.15, -0.1) is 0 Å². The zero-order valence-electron chi connectivity index (χ0n) is 36.2. The Morgan fingerprint density at radius 3 is 1.22 bits per heavy atom. The number of rotatable bonds is 36. The Kier molecular flexibility index (Phi) is 41.3. The van der Waals surface area contributed by atoms with E-state index >= 15 is 0 Å². The molecule has 0 aliphatic heterocycles. The van der Waals surface area contributed by atoms with Crippen LogP contribution in [0.15, 0.2) is 146 Å². The van der Waals surface area contributed by atoms with Gasteiger partial charge in [0, 0.05) is 19.3 Å². The molecule has 0 aromatic carbocycles. The molecule has 0 radical (unpaired) electrons. The van der Waals surface area contributed by atoms with Crippen molar-refractivity contribution in [2.75, 3.05) is 13.2 Å². The van der Waals surface area contributed by atoms with Crippen LogP contribution in [0.25, 0.3) is 0 Å². The summed E-state index contributed by atoms with van der Waals surface area (Å²) in [5.41, 5.74) is 0. The summed E-state index contributed by atoms with van der Waals surface area (Å²) in [6.45, 7) is 6.07. The fourth-order valence-corrected chi connectivity index (χ4v) is 5.12. The van der Waals surface area contributed by atoms with E-state index in [-0.39, 0.29) is 38.0 Å². The van der Waals surface area contributed by atoms with Gasteiger partial charge in [-0.1, -0.05) is 192 Å². The van der Waals surface area contributed by atoms with Crippen LogP contribution in [0.5, 0.6) is 0 Å². The number of ether oxygens (including phenoxy) is 3. The molecule has 0 saturated carbocycles. The molecule has 0 N–H and O–H groups in total. The van der Waals surface area contributed by atoms with Crippen LogP contribution in [0.3, 0.4) is 0 Å². The highest BCUT2D eigenvalue weighted by atomic mass is 16.6. The zero-order chi connectivity index (χ0) is 42.3. The molecular weight excluding hydrogens is 721 g/mol. The number of carbonyl (C=O) groups excluding carboxylic acids is 3. The van der Waals surface area contributed by atoms with Crippen LogP contribution in [0.1, 0.15) is 143 Å². The predicted molar refractivity (Wildman–Crippen MR) is 246 cm³/mol. The fraction of sp³-hybridized carbons (Fsp3) is 0.481. The number of esters is 3. The Hall–Kier alpha value is -4.71. The molecule has 0 heterocycles. The van der Waals surface area contributed by atoms with Crippen molar-refractivity contribution in [3.63, 3.8) is 0 Å². The Morgan fingerprint density at radius 2 is 0.724 bits per heavy atom. The van der Waals surface area contributed by atoms with Gasteiger partial charge in [0.25, 0.3) is 0 Å². The van der Waals surface area contributed by atoms with E-state index in [1.165, 1.54) is 0 Å². The van der Waals surface area contributed by atoms with E-state index < -0.39 is 12.1 Å². The van der Waals surface area contributed by atoms with Crippen molar-refractivity contribution in [1.82, 2.24) is 0 Å². The van der Waals surface area contributed by atoms with E-state index in [2.05, 4.69) is 63.3 Å². The van der Waals surface area contributed by atoms with Gasteiger partial charge in [0.1, 0.15) is 13.2 Å². The molecular formula is C52H76O6. The smallest absolute Gasteiger partial charge is 0.306 e. The summed E-state index contributed by atoms with van der Waals surface area (Å²) >= 11 is 0. The molecule has 1 unspecified atom stereocenters. The SMILES string of the molecule is CC\C=C/C=C\C=C/C=C\C=C/CCCCCC(=O)OCC(COC(=O)CCCCCCC/C=C\C/C=C\CC)OC(=O)CCC\C=C/C=C\C=C/C=C\C=C/CC. The van der Waals surface area contributed by atoms with Crippen LogP contribution >= 0.6 is 0 Å². The topological polar surface area (TPSA) is 78.9 Å². The maximum atomic E-state index is 12.7. The lowest BCUT2D eigenvalue weighted by molar-refractivity contribution is -0.167. The third-order valence-electron chi connectivity index (χ3n) is 8.33. The molecule has 0 aliphatic carbocycles. The van der Waals surface area contributed by atoms with Crippen LogP contribution in [0.4, 0.5) is 0 Å². The van der Waals surface area contributed by atoms with Gasteiger partial charge in [-0.05, 0) is 77.0 Å². The first-order valence-electron chi connectivity index (χ1n) is 22.0. The quantitative estimate of drug-likeness (QED) is 0.0207. The number of allylic oxidation sites excluding steroid dienone is 24. The minimum atomic E-state index is -0.843. The summed E-state index contributed by atoms with van der Waals surface area (Å²) in [4.78, 5) is 37.7. The van der Waals surface area contributed by atoms with E-state index in [0.717, 1.165) is 83.5 Å². The van der Waals surface area contributed by atoms with Crippen LogP contribution in [-0.4, -0.2) is 37.2 Å². The highest BCUT2D eigenvalue weighted by Gasteiger charge is 2.19. The summed E-state index contributed by atoms with van der Waals surface area (Å²) in [5, 5.41) is 0. The second-order valence-corrected chi connectivity index (χ2v) is 13.7. The summed E-state index contributed by atoms with van der Waals surface area (Å²) in [6, 6.07) is 0. The number of hydrogen-bond donors (Lipinski definition) is 0. The molecule has 0 fully saturated rings. The monoisotopic (exact) mass is 797 g/mol. The second-order valence-electron chi connectivity index (χ2n) is 13.7. The first-order valence-corrected chi connectivity index (χ1v) is 22.0. The molecule has 0 rings (SSSR count). The second kappa shape index (κ2) is 45.0. The molecule has 0 amide bonds. The predicted octanol–water partition coefficient (Wildman–Crippen LogP) is 14.1. The van der Waals surface area contributed by atoms with Crippen molar-refractivity contribution >= 4 is 17.9 Å². The summed E-state index contributed by atoms with van der Waals surface area (Å²) in [6.07, 6.45) is 64.1. The van der Waals surface area contributed by atoms with E-state index in [4.69, 9.17) is 14.2 Å². The third kappa shape index (κ3) is 42.4. The van der Waals surface area contributed by atoms with E-state index in [9.17, 15) is 14.4 Å². The van der Waals surface area contributed by atoms with Gasteiger partial charge in [0.2, 0.25) is 0 Å². The molecule has 1 atom stereocenters. The molecule has 58 heavy (non-hydrogen) atoms. The highest BCUT2D eigenvalue weighted by Crippen LogP contribution is 2.11. The Labute approximate surface area is 353 Å². The van der Waals surface area contributed by atoms with Crippen molar-refractivity contribution in [3.05, 3.63) is 146 Å². The standard InChI is InChI=1S/C52H76O6/c1-4-7-10-13-16-19-22-25-26-28-30-33-36-39-42-45-51(54)57-48-49(47-56-50(53)44-41-38-35-32-29-24-21-18-15-12-9-6-3)58-52(55)46-43-40-37-34-31-27-23-20-17-14-11-8-5-2/h7-14,16-23,25-28,30-31,34,37,49H,4-6,15,24,29,32-33,35-36,38-48H2,1-3H3/b10-7-,11-8-,12-9-,16-13-,17-14-,21-18-,22-19-,23-20-,26-25-,30-28-,31-27-,37-34-. The summed E-state index contributed by atoms with van der Waals surface area (Å²) in [7, 11) is 0. The largest absolute Gasteiger partial charge is 0.462 e. The average molecular weight is 797 g/mol. The first-order chi connectivity index (χ1) is 28.5. The van der Waals surface area contributed by atoms with Gasteiger partial charge in [-0.3, -0.25) is 14.4 Å². The highest BCUT2D eigenvalue weighted by molar-refractivity contribution is 5.71. The molecule has 0 aromatic rings. The Bertz CT molecular complexity index is 1380. The van der Waals surface area contributed by atoms with E-state index in [1.807, 2.05) is 103 Å². The van der Waals surface area contributed by atoms with Crippen molar-refractivity contribution in [2.45, 2.75) is 149 Å². The Balaban J connectivity index is 4.65. The van der Waals surface area contributed by atoms with Gasteiger partial charge < -0.3 is 14.2 Å². The molecule has 0 bridgehead atoms. The lowest BCUT2D eigenvalue weighted by Crippen LogP contribution is -2.30. The minimum absolute atomic E-state index is 0.135. The van der Waals surface area contributed by atoms with Gasteiger partial charge in [-0.2, -0.15) is 0 Å². The van der Waals surface area contributed by atoms with Crippen molar-refractivity contribution in [2.24, 2.45) is 0 Å². The molecule has 0 saturated heterocycles. The number of hydrogen-bond acceptors (Lipinski definition) is 6. The van der Waals surface area contributed by atoms with Crippen molar-refractivity contribution in [1.29, 1.82) is 0 Å². The first kappa shape index (κ1) is 53.3. The molecule has 6 nitrogen and oxygen atoms in total. The van der Waals surface area contributed by atoms with Crippen LogP contribution in [-0.2, 0) is 28.6 Å². The lowest BCUT2D eigenvalue weighted by Gasteiger charge is -2.18. The van der Waals surface area contributed by atoms with Crippen LogP contribution in [0, 0.1) is 0 Å². The van der Waals surface area contributed by atoms with Gasteiger partial charge >= 0.3 is 17.9 Å². The maximum absolute atomic E-state index is 12.7. The normalized spacial score (nSPS) is 13.5. The average Bonchev–Trinajstić information content (AvgIpc) is 3.22. The van der Waals surface area contributed by atoms with Crippen molar-refractivity contribution in [3.8, 4) is 0 Å². The van der Waals surface area contributed by atoms with E-state index in [0.29, 0.717) is 25.7 Å². The maximum Gasteiger partial charge on any atom is 0.306 e. The third-order valence-corrected chi connectivity index (χ3v) is 8.33. The van der Waals surface area contributed by atoms with Crippen LogP contribution < -0.4 is 0 Å². The molecule has 0 spiro atoms. The molecule has 0 aromatic heterocycles.